The molecular weight excluding hydrogens is 326 g/mol. The Morgan fingerprint density at radius 1 is 1.00 bits per heavy atom. The van der Waals surface area contributed by atoms with Crippen molar-refractivity contribution in [3.63, 3.8) is 0 Å². The Morgan fingerprint density at radius 3 is 2.50 bits per heavy atom. The zero-order chi connectivity index (χ0) is 16.9. The van der Waals surface area contributed by atoms with Gasteiger partial charge in [0.15, 0.2) is 0 Å². The van der Waals surface area contributed by atoms with Crippen molar-refractivity contribution < 1.29 is 8.42 Å². The highest BCUT2D eigenvalue weighted by Gasteiger charge is 2.39. The van der Waals surface area contributed by atoms with E-state index in [-0.39, 0.29) is 22.3 Å². The molecule has 1 saturated heterocycles. The lowest BCUT2D eigenvalue weighted by Crippen LogP contribution is -2.48. The van der Waals surface area contributed by atoms with Crippen LogP contribution in [0.2, 0.25) is 0 Å². The molecule has 24 heavy (non-hydrogen) atoms. The Hall–Kier alpha value is -2.12. The molecule has 2 aliphatic rings. The molecule has 2 aromatic rings. The monoisotopic (exact) mass is 345 g/mol. The van der Waals surface area contributed by atoms with Gasteiger partial charge in [0.2, 0.25) is 10.0 Å². The Kier molecular flexibility index (Phi) is 3.51. The average molecular weight is 345 g/mol. The average Bonchev–Trinajstić information content (AvgIpc) is 2.56. The third-order valence-electron chi connectivity index (χ3n) is 4.96. The Bertz CT molecular complexity index is 934. The second-order valence-corrected chi connectivity index (χ2v) is 8.53. The standard InChI is InChI=1S/C17H19N3O3S/c18-14-4-6-15(7-5-14)24(22,23)19-9-12-8-13(11-19)16-2-1-3-17(21)20(16)10-12/h1-7,12-13H,8-11,18H2/t12-,13-/m1/s1. The molecule has 1 aromatic heterocycles. The van der Waals surface area contributed by atoms with Gasteiger partial charge in [-0.25, -0.2) is 8.42 Å². The van der Waals surface area contributed by atoms with Crippen LogP contribution in [0.5, 0.6) is 0 Å². The number of benzene rings is 1. The fourth-order valence-electron chi connectivity index (χ4n) is 3.84. The molecule has 2 N–H and O–H groups in total. The summed E-state index contributed by atoms with van der Waals surface area (Å²) in [4.78, 5) is 12.3. The first-order valence-corrected chi connectivity index (χ1v) is 9.44. The van der Waals surface area contributed by atoms with Crippen molar-refractivity contribution >= 4 is 15.7 Å². The molecule has 0 unspecified atom stereocenters. The predicted molar refractivity (Wildman–Crippen MR) is 91.2 cm³/mol. The van der Waals surface area contributed by atoms with Gasteiger partial charge >= 0.3 is 0 Å². The zero-order valence-electron chi connectivity index (χ0n) is 13.1. The molecule has 3 heterocycles. The highest BCUT2D eigenvalue weighted by Crippen LogP contribution is 2.37. The second-order valence-electron chi connectivity index (χ2n) is 6.59. The van der Waals surface area contributed by atoms with Crippen molar-refractivity contribution in [2.75, 3.05) is 18.8 Å². The van der Waals surface area contributed by atoms with Gasteiger partial charge < -0.3 is 10.3 Å². The molecule has 0 saturated carbocycles. The molecule has 1 aromatic carbocycles. The van der Waals surface area contributed by atoms with Crippen molar-refractivity contribution in [1.29, 1.82) is 0 Å². The van der Waals surface area contributed by atoms with E-state index in [1.54, 1.807) is 45.3 Å². The summed E-state index contributed by atoms with van der Waals surface area (Å²) in [6.07, 6.45) is 0.928. The first-order valence-electron chi connectivity index (χ1n) is 8.00. The van der Waals surface area contributed by atoms with Gasteiger partial charge in [0, 0.05) is 43.0 Å². The molecule has 1 fully saturated rings. The van der Waals surface area contributed by atoms with E-state index in [2.05, 4.69) is 0 Å². The molecule has 2 bridgehead atoms. The predicted octanol–water partition coefficient (Wildman–Crippen LogP) is 1.24. The van der Waals surface area contributed by atoms with Gasteiger partial charge in [-0.2, -0.15) is 4.31 Å². The highest BCUT2D eigenvalue weighted by molar-refractivity contribution is 7.89. The quantitative estimate of drug-likeness (QED) is 0.830. The lowest BCUT2D eigenvalue weighted by atomic mass is 9.84. The molecule has 0 amide bonds. The van der Waals surface area contributed by atoms with Gasteiger partial charge in [-0.3, -0.25) is 4.79 Å². The SMILES string of the molecule is Nc1ccc(S(=O)(=O)N2C[C@H]3C[C@H](C2)c2cccc(=O)n2C3)cc1. The highest BCUT2D eigenvalue weighted by atomic mass is 32.2. The number of hydrogen-bond acceptors (Lipinski definition) is 4. The van der Waals surface area contributed by atoms with Crippen LogP contribution in [0.3, 0.4) is 0 Å². The number of nitrogens with two attached hydrogens (primary N) is 1. The molecule has 6 nitrogen and oxygen atoms in total. The van der Waals surface area contributed by atoms with E-state index >= 15 is 0 Å². The number of sulfonamides is 1. The van der Waals surface area contributed by atoms with E-state index in [0.717, 1.165) is 12.1 Å². The van der Waals surface area contributed by atoms with Gasteiger partial charge in [0.25, 0.3) is 5.56 Å². The van der Waals surface area contributed by atoms with Gasteiger partial charge in [-0.05, 0) is 42.7 Å². The lowest BCUT2D eigenvalue weighted by Gasteiger charge is -2.42. The Balaban J connectivity index is 1.69. The summed E-state index contributed by atoms with van der Waals surface area (Å²) >= 11 is 0. The number of hydrogen-bond donors (Lipinski definition) is 1. The van der Waals surface area contributed by atoms with Crippen LogP contribution >= 0.6 is 0 Å². The third-order valence-corrected chi connectivity index (χ3v) is 6.81. The molecule has 0 aliphatic carbocycles. The minimum Gasteiger partial charge on any atom is -0.399 e. The summed E-state index contributed by atoms with van der Waals surface area (Å²) in [7, 11) is -3.54. The third kappa shape index (κ3) is 2.44. The maximum atomic E-state index is 12.9. The van der Waals surface area contributed by atoms with Gasteiger partial charge in [-0.15, -0.1) is 0 Å². The lowest BCUT2D eigenvalue weighted by molar-refractivity contribution is 0.186. The first-order chi connectivity index (χ1) is 11.4. The molecule has 2 atom stereocenters. The Labute approximate surface area is 140 Å². The normalized spacial score (nSPS) is 23.7. The number of rotatable bonds is 2. The number of pyridine rings is 1. The van der Waals surface area contributed by atoms with Crippen LogP contribution in [0, 0.1) is 5.92 Å². The number of piperidine rings is 1. The first kappa shape index (κ1) is 15.4. The van der Waals surface area contributed by atoms with Crippen LogP contribution in [-0.4, -0.2) is 30.4 Å². The van der Waals surface area contributed by atoms with Crippen LogP contribution in [0.4, 0.5) is 5.69 Å². The van der Waals surface area contributed by atoms with E-state index in [9.17, 15) is 13.2 Å². The van der Waals surface area contributed by atoms with E-state index < -0.39 is 10.0 Å². The van der Waals surface area contributed by atoms with E-state index in [1.807, 2.05) is 6.07 Å². The number of nitrogen functional groups attached to an aromatic ring is 1. The summed E-state index contributed by atoms with van der Waals surface area (Å²) in [5, 5.41) is 0. The fourth-order valence-corrected chi connectivity index (χ4v) is 5.40. The van der Waals surface area contributed by atoms with Crippen molar-refractivity contribution in [3.8, 4) is 0 Å². The van der Waals surface area contributed by atoms with Crippen molar-refractivity contribution in [1.82, 2.24) is 8.87 Å². The minimum atomic E-state index is -3.54. The fraction of sp³-hybridized carbons (Fsp3) is 0.353. The Morgan fingerprint density at radius 2 is 1.75 bits per heavy atom. The molecule has 0 spiro atoms. The summed E-state index contributed by atoms with van der Waals surface area (Å²) in [5.41, 5.74) is 7.13. The number of fused-ring (bicyclic) bond motifs is 4. The van der Waals surface area contributed by atoms with Crippen LogP contribution in [-0.2, 0) is 16.6 Å². The topological polar surface area (TPSA) is 85.4 Å². The second kappa shape index (κ2) is 5.46. The van der Waals surface area contributed by atoms with Crippen LogP contribution in [0.1, 0.15) is 18.0 Å². The van der Waals surface area contributed by atoms with E-state index in [4.69, 9.17) is 5.73 Å². The van der Waals surface area contributed by atoms with Gasteiger partial charge in [0.1, 0.15) is 0 Å². The van der Waals surface area contributed by atoms with E-state index in [1.165, 1.54) is 0 Å². The molecule has 4 rings (SSSR count). The molecule has 126 valence electrons. The number of aromatic nitrogens is 1. The van der Waals surface area contributed by atoms with Crippen LogP contribution in [0.25, 0.3) is 0 Å². The molecule has 7 heteroatoms. The summed E-state index contributed by atoms with van der Waals surface area (Å²) in [6.45, 7) is 1.44. The zero-order valence-corrected chi connectivity index (χ0v) is 13.9. The summed E-state index contributed by atoms with van der Waals surface area (Å²) in [5.74, 6) is 0.231. The summed E-state index contributed by atoms with van der Waals surface area (Å²) in [6, 6.07) is 11.6. The largest absolute Gasteiger partial charge is 0.399 e. The molecular formula is C17H19N3O3S. The number of nitrogens with zero attached hydrogens (tertiary/aromatic N) is 2. The van der Waals surface area contributed by atoms with E-state index in [0.29, 0.717) is 25.3 Å². The van der Waals surface area contributed by atoms with Crippen molar-refractivity contribution in [2.24, 2.45) is 5.92 Å². The van der Waals surface area contributed by atoms with Crippen molar-refractivity contribution in [2.45, 2.75) is 23.8 Å². The van der Waals surface area contributed by atoms with Crippen LogP contribution < -0.4 is 11.3 Å². The van der Waals surface area contributed by atoms with Gasteiger partial charge in [0.05, 0.1) is 4.90 Å². The van der Waals surface area contributed by atoms with Crippen LogP contribution in [0.15, 0.2) is 52.2 Å². The minimum absolute atomic E-state index is 0.00274. The molecule has 0 radical (unpaired) electrons. The van der Waals surface area contributed by atoms with Gasteiger partial charge in [-0.1, -0.05) is 6.07 Å². The summed E-state index contributed by atoms with van der Waals surface area (Å²) < 4.78 is 29.2. The maximum absolute atomic E-state index is 12.9. The maximum Gasteiger partial charge on any atom is 0.250 e. The molecule has 2 aliphatic heterocycles. The van der Waals surface area contributed by atoms with Crippen molar-refractivity contribution in [3.05, 3.63) is 58.5 Å². The number of anilines is 1. The smallest absolute Gasteiger partial charge is 0.250 e.